The first kappa shape index (κ1) is 22.0. The van der Waals surface area contributed by atoms with Gasteiger partial charge in [0.15, 0.2) is 5.58 Å². The molecule has 33 heavy (non-hydrogen) atoms. The second-order valence-electron chi connectivity index (χ2n) is 8.07. The smallest absolute Gasteiger partial charge is 0.302 e. The van der Waals surface area contributed by atoms with Gasteiger partial charge in [-0.1, -0.05) is 0 Å². The van der Waals surface area contributed by atoms with Crippen LogP contribution in [0.5, 0.6) is 0 Å². The molecule has 1 aliphatic rings. The van der Waals surface area contributed by atoms with Crippen molar-refractivity contribution in [2.24, 2.45) is 0 Å². The van der Waals surface area contributed by atoms with Crippen molar-refractivity contribution in [1.29, 1.82) is 0 Å². The van der Waals surface area contributed by atoms with Gasteiger partial charge >= 0.3 is 6.01 Å². The summed E-state index contributed by atoms with van der Waals surface area (Å²) < 4.78 is 39.8. The van der Waals surface area contributed by atoms with E-state index in [-0.39, 0.29) is 28.7 Å². The van der Waals surface area contributed by atoms with Crippen LogP contribution in [-0.4, -0.2) is 53.9 Å². The monoisotopic (exact) mass is 486 g/mol. The predicted octanol–water partition coefficient (Wildman–Crippen LogP) is 3.80. The number of aromatic nitrogens is 2. The molecule has 2 unspecified atom stereocenters. The van der Waals surface area contributed by atoms with E-state index in [0.29, 0.717) is 29.7 Å². The van der Waals surface area contributed by atoms with Crippen LogP contribution in [0.3, 0.4) is 0 Å². The molecular formula is C22H22N4O5S2. The van der Waals surface area contributed by atoms with E-state index in [1.807, 2.05) is 32.9 Å². The van der Waals surface area contributed by atoms with Gasteiger partial charge in [0.05, 0.1) is 26.8 Å². The molecule has 5 rings (SSSR count). The summed E-state index contributed by atoms with van der Waals surface area (Å²) in [5, 5.41) is 3.55. The van der Waals surface area contributed by atoms with Crippen LogP contribution >= 0.6 is 11.3 Å². The maximum Gasteiger partial charge on any atom is 0.302 e. The molecule has 1 saturated heterocycles. The van der Waals surface area contributed by atoms with E-state index < -0.39 is 15.9 Å². The molecule has 2 aromatic heterocycles. The SMILES string of the molecule is Cc1nc2c(ccc3nc(NC(=O)c4ccc(S(=O)(=O)N5CC(C)OC(C)C5)cc4)oc32)s1. The van der Waals surface area contributed by atoms with Gasteiger partial charge in [0.25, 0.3) is 5.91 Å². The number of hydrogen-bond acceptors (Lipinski definition) is 8. The summed E-state index contributed by atoms with van der Waals surface area (Å²) in [6.07, 6.45) is -0.362. The molecule has 1 aliphatic heterocycles. The number of rotatable bonds is 4. The molecule has 2 atom stereocenters. The molecule has 0 aliphatic carbocycles. The number of oxazole rings is 1. The molecule has 0 saturated carbocycles. The van der Waals surface area contributed by atoms with E-state index in [2.05, 4.69) is 15.3 Å². The number of nitrogens with zero attached hydrogens (tertiary/aromatic N) is 3. The molecule has 2 aromatic carbocycles. The molecule has 9 nitrogen and oxygen atoms in total. The summed E-state index contributed by atoms with van der Waals surface area (Å²) in [5.41, 5.74) is 2.11. The zero-order chi connectivity index (χ0) is 23.3. The topological polar surface area (TPSA) is 115 Å². The number of carbonyl (C=O) groups excluding carboxylic acids is 1. The van der Waals surface area contributed by atoms with E-state index in [9.17, 15) is 13.2 Å². The van der Waals surface area contributed by atoms with E-state index in [4.69, 9.17) is 9.15 Å². The second-order valence-corrected chi connectivity index (χ2v) is 11.2. The van der Waals surface area contributed by atoms with Crippen molar-refractivity contribution >= 4 is 54.6 Å². The van der Waals surface area contributed by atoms with Crippen LogP contribution in [0.25, 0.3) is 21.3 Å². The molecule has 0 radical (unpaired) electrons. The van der Waals surface area contributed by atoms with Gasteiger partial charge in [0.1, 0.15) is 11.0 Å². The Morgan fingerprint density at radius 2 is 1.79 bits per heavy atom. The number of amides is 1. The number of morpholine rings is 1. The Bertz CT molecular complexity index is 1450. The summed E-state index contributed by atoms with van der Waals surface area (Å²) in [7, 11) is -3.68. The highest BCUT2D eigenvalue weighted by Crippen LogP contribution is 2.31. The molecule has 1 fully saturated rings. The fourth-order valence-electron chi connectivity index (χ4n) is 3.96. The third-order valence-electron chi connectivity index (χ3n) is 5.38. The summed E-state index contributed by atoms with van der Waals surface area (Å²) in [6, 6.07) is 9.61. The highest BCUT2D eigenvalue weighted by Gasteiger charge is 2.32. The maximum atomic E-state index is 13.0. The predicted molar refractivity (Wildman–Crippen MR) is 125 cm³/mol. The number of hydrogen-bond donors (Lipinski definition) is 1. The van der Waals surface area contributed by atoms with Gasteiger partial charge in [-0.25, -0.2) is 13.4 Å². The minimum atomic E-state index is -3.68. The number of aryl methyl sites for hydroxylation is 1. The van der Waals surface area contributed by atoms with E-state index in [1.165, 1.54) is 28.6 Å². The number of sulfonamides is 1. The Hall–Kier alpha value is -2.86. The van der Waals surface area contributed by atoms with E-state index >= 15 is 0 Å². The van der Waals surface area contributed by atoms with Crippen LogP contribution in [0.15, 0.2) is 45.7 Å². The van der Waals surface area contributed by atoms with Crippen LogP contribution in [0.1, 0.15) is 29.2 Å². The van der Waals surface area contributed by atoms with Crippen molar-refractivity contribution in [1.82, 2.24) is 14.3 Å². The lowest BCUT2D eigenvalue weighted by Gasteiger charge is -2.34. The van der Waals surface area contributed by atoms with Gasteiger partial charge in [0, 0.05) is 18.7 Å². The summed E-state index contributed by atoms with van der Waals surface area (Å²) in [6.45, 7) is 6.19. The van der Waals surface area contributed by atoms with Crippen molar-refractivity contribution in [3.05, 3.63) is 47.0 Å². The van der Waals surface area contributed by atoms with Gasteiger partial charge in [-0.15, -0.1) is 11.3 Å². The van der Waals surface area contributed by atoms with Crippen LogP contribution in [0, 0.1) is 6.92 Å². The maximum absolute atomic E-state index is 13.0. The van der Waals surface area contributed by atoms with Crippen LogP contribution in [0.2, 0.25) is 0 Å². The first-order valence-corrected chi connectivity index (χ1v) is 12.7. The van der Waals surface area contributed by atoms with Crippen LogP contribution in [0.4, 0.5) is 6.01 Å². The number of thiazole rings is 1. The number of anilines is 1. The second kappa shape index (κ2) is 8.17. The lowest BCUT2D eigenvalue weighted by atomic mass is 10.2. The number of fused-ring (bicyclic) bond motifs is 3. The largest absolute Gasteiger partial charge is 0.421 e. The average Bonchev–Trinajstić information content (AvgIpc) is 3.35. The number of nitrogens with one attached hydrogen (secondary N) is 1. The number of carbonyl (C=O) groups is 1. The zero-order valence-electron chi connectivity index (χ0n) is 18.2. The average molecular weight is 487 g/mol. The van der Waals surface area contributed by atoms with Gasteiger partial charge in [-0.3, -0.25) is 10.1 Å². The lowest BCUT2D eigenvalue weighted by molar-refractivity contribution is -0.0440. The van der Waals surface area contributed by atoms with Crippen molar-refractivity contribution in [3.8, 4) is 0 Å². The molecule has 1 amide bonds. The van der Waals surface area contributed by atoms with Crippen molar-refractivity contribution < 1.29 is 22.4 Å². The quantitative estimate of drug-likeness (QED) is 0.467. The number of ether oxygens (including phenoxy) is 1. The lowest BCUT2D eigenvalue weighted by Crippen LogP contribution is -2.48. The fraction of sp³-hybridized carbons (Fsp3) is 0.318. The molecule has 172 valence electrons. The number of benzene rings is 2. The van der Waals surface area contributed by atoms with Crippen LogP contribution in [-0.2, 0) is 14.8 Å². The Morgan fingerprint density at radius 3 is 2.48 bits per heavy atom. The van der Waals surface area contributed by atoms with Crippen molar-refractivity contribution in [2.75, 3.05) is 18.4 Å². The van der Waals surface area contributed by atoms with E-state index in [1.54, 1.807) is 11.3 Å². The molecule has 3 heterocycles. The summed E-state index contributed by atoms with van der Waals surface area (Å²) in [5.74, 6) is -0.454. The fourth-order valence-corrected chi connectivity index (χ4v) is 6.38. The standard InChI is InChI=1S/C22H22N4O5S2/c1-12-10-26(11-13(2)30-12)33(28,29)16-6-4-15(5-7-16)21(27)25-22-24-17-8-9-18-19(20(17)31-22)23-14(3)32-18/h4-9,12-13H,10-11H2,1-3H3,(H,24,25,27). The van der Waals surface area contributed by atoms with Crippen molar-refractivity contribution in [2.45, 2.75) is 37.9 Å². The molecule has 4 aromatic rings. The van der Waals surface area contributed by atoms with Crippen molar-refractivity contribution in [3.63, 3.8) is 0 Å². The minimum Gasteiger partial charge on any atom is -0.421 e. The summed E-state index contributed by atoms with van der Waals surface area (Å²) >= 11 is 1.55. The zero-order valence-corrected chi connectivity index (χ0v) is 19.9. The third-order valence-corrected chi connectivity index (χ3v) is 8.16. The van der Waals surface area contributed by atoms with Gasteiger partial charge in [-0.2, -0.15) is 9.29 Å². The van der Waals surface area contributed by atoms with Gasteiger partial charge in [0.2, 0.25) is 10.0 Å². The first-order chi connectivity index (χ1) is 15.7. The molecule has 1 N–H and O–H groups in total. The third kappa shape index (κ3) is 4.12. The van der Waals surface area contributed by atoms with Gasteiger partial charge < -0.3 is 9.15 Å². The highest BCUT2D eigenvalue weighted by molar-refractivity contribution is 7.89. The van der Waals surface area contributed by atoms with E-state index in [0.717, 1.165) is 9.71 Å². The first-order valence-electron chi connectivity index (χ1n) is 10.4. The van der Waals surface area contributed by atoms with Gasteiger partial charge in [-0.05, 0) is 57.2 Å². The minimum absolute atomic E-state index is 0.0566. The highest BCUT2D eigenvalue weighted by atomic mass is 32.2. The Morgan fingerprint density at radius 1 is 1.09 bits per heavy atom. The molecular weight excluding hydrogens is 464 g/mol. The normalized spacial score (nSPS) is 19.8. The van der Waals surface area contributed by atoms with Crippen LogP contribution < -0.4 is 5.32 Å². The Labute approximate surface area is 194 Å². The molecule has 0 bridgehead atoms. The Balaban J connectivity index is 1.35. The summed E-state index contributed by atoms with van der Waals surface area (Å²) in [4.78, 5) is 21.6. The Kier molecular flexibility index (Phi) is 5.44. The molecule has 0 spiro atoms. The molecule has 11 heteroatoms.